The van der Waals surface area contributed by atoms with E-state index >= 15 is 0 Å². The maximum Gasteiger partial charge on any atom is 0.0950 e. The van der Waals surface area contributed by atoms with E-state index in [1.807, 2.05) is 12.1 Å². The summed E-state index contributed by atoms with van der Waals surface area (Å²) in [5, 5.41) is 16.6. The van der Waals surface area contributed by atoms with Crippen LogP contribution in [0.25, 0.3) is 0 Å². The lowest BCUT2D eigenvalue weighted by Gasteiger charge is -1.82. The average Bonchev–Trinajstić information content (AvgIpc) is 2.34. The minimum Gasteiger partial charge on any atom is -0.193 e. The first-order chi connectivity index (χ1) is 4.36. The highest BCUT2D eigenvalue weighted by molar-refractivity contribution is 5.43. The number of allylic oxidation sites excluding steroid dienone is 4. The van der Waals surface area contributed by atoms with Crippen LogP contribution >= 0.6 is 0 Å². The fourth-order valence-electron chi connectivity index (χ4n) is 0.678. The smallest absolute Gasteiger partial charge is 0.0950 e. The molecule has 0 fully saturated rings. The minimum atomic E-state index is 0.521. The number of nitrogens with zero attached hydrogens (tertiary/aromatic N) is 2. The molecule has 42 valence electrons. The van der Waals surface area contributed by atoms with Crippen LogP contribution in [-0.4, -0.2) is 0 Å². The fourth-order valence-corrected chi connectivity index (χ4v) is 0.678. The highest BCUT2D eigenvalue weighted by atomic mass is 14.3. The summed E-state index contributed by atoms with van der Waals surface area (Å²) in [7, 11) is 0. The highest BCUT2D eigenvalue weighted by Gasteiger charge is 2.04. The van der Waals surface area contributed by atoms with Crippen molar-refractivity contribution in [2.24, 2.45) is 0 Å². The molecule has 1 rings (SSSR count). The van der Waals surface area contributed by atoms with E-state index in [4.69, 9.17) is 10.5 Å². The Bertz CT molecular complexity index is 230. The van der Waals surface area contributed by atoms with E-state index in [1.165, 1.54) is 0 Å². The van der Waals surface area contributed by atoms with Gasteiger partial charge in [0.25, 0.3) is 0 Å². The van der Waals surface area contributed by atoms with E-state index in [2.05, 4.69) is 0 Å². The molecule has 0 radical (unpaired) electrons. The number of rotatable bonds is 0. The second-order valence-electron chi connectivity index (χ2n) is 1.78. The standard InChI is InChI=1S/C7H4N2/c8-4-6-1-2-7(3-6)5-9/h1-2H,3H2. The second kappa shape index (κ2) is 2.15. The third-order valence-electron chi connectivity index (χ3n) is 1.15. The van der Waals surface area contributed by atoms with Gasteiger partial charge in [0, 0.05) is 17.6 Å². The Balaban J connectivity index is 2.69. The van der Waals surface area contributed by atoms with E-state index in [9.17, 15) is 0 Å². The van der Waals surface area contributed by atoms with Gasteiger partial charge in [0.15, 0.2) is 0 Å². The number of hydrogen-bond acceptors (Lipinski definition) is 2. The van der Waals surface area contributed by atoms with Gasteiger partial charge in [-0.05, 0) is 12.2 Å². The lowest BCUT2D eigenvalue weighted by molar-refractivity contribution is 1.25. The summed E-state index contributed by atoms with van der Waals surface area (Å²) < 4.78 is 0. The van der Waals surface area contributed by atoms with E-state index in [-0.39, 0.29) is 0 Å². The molecule has 0 amide bonds. The van der Waals surface area contributed by atoms with Crippen LogP contribution in [0.3, 0.4) is 0 Å². The molecule has 0 spiro atoms. The van der Waals surface area contributed by atoms with Crippen molar-refractivity contribution in [1.29, 1.82) is 10.5 Å². The fraction of sp³-hybridized carbons (Fsp3) is 0.143. The number of nitriles is 2. The molecular formula is C7H4N2. The lowest BCUT2D eigenvalue weighted by atomic mass is 10.2. The summed E-state index contributed by atoms with van der Waals surface area (Å²) in [6.07, 6.45) is 3.88. The third-order valence-corrected chi connectivity index (χ3v) is 1.15. The topological polar surface area (TPSA) is 47.6 Å². The van der Waals surface area contributed by atoms with Crippen LogP contribution in [0.1, 0.15) is 6.42 Å². The molecule has 0 aliphatic heterocycles. The molecule has 0 aromatic rings. The van der Waals surface area contributed by atoms with E-state index in [0.717, 1.165) is 0 Å². The molecule has 1 aliphatic carbocycles. The molecule has 0 N–H and O–H groups in total. The van der Waals surface area contributed by atoms with Gasteiger partial charge in [-0.25, -0.2) is 0 Å². The Morgan fingerprint density at radius 3 is 1.78 bits per heavy atom. The molecule has 9 heavy (non-hydrogen) atoms. The third kappa shape index (κ3) is 0.978. The van der Waals surface area contributed by atoms with Crippen molar-refractivity contribution in [2.75, 3.05) is 0 Å². The highest BCUT2D eigenvalue weighted by Crippen LogP contribution is 2.16. The van der Waals surface area contributed by atoms with Crippen molar-refractivity contribution in [3.8, 4) is 12.1 Å². The van der Waals surface area contributed by atoms with Crippen molar-refractivity contribution in [2.45, 2.75) is 6.42 Å². The zero-order valence-electron chi connectivity index (χ0n) is 4.76. The first kappa shape index (κ1) is 5.59. The SMILES string of the molecule is N#CC1=CC=C(C#N)C1. The molecule has 0 aromatic heterocycles. The van der Waals surface area contributed by atoms with Gasteiger partial charge in [-0.2, -0.15) is 10.5 Å². The van der Waals surface area contributed by atoms with Gasteiger partial charge in [0.1, 0.15) is 0 Å². The van der Waals surface area contributed by atoms with Gasteiger partial charge in [0.05, 0.1) is 12.1 Å². The monoisotopic (exact) mass is 116 g/mol. The first-order valence-corrected chi connectivity index (χ1v) is 2.57. The van der Waals surface area contributed by atoms with Crippen molar-refractivity contribution in [3.63, 3.8) is 0 Å². The van der Waals surface area contributed by atoms with Crippen molar-refractivity contribution >= 4 is 0 Å². The molecule has 0 atom stereocenters. The molecule has 0 saturated heterocycles. The van der Waals surface area contributed by atoms with Gasteiger partial charge in [-0.1, -0.05) is 0 Å². The van der Waals surface area contributed by atoms with Crippen LogP contribution in [0.5, 0.6) is 0 Å². The van der Waals surface area contributed by atoms with Gasteiger partial charge >= 0.3 is 0 Å². The molecule has 2 heteroatoms. The van der Waals surface area contributed by atoms with Crippen LogP contribution in [0.2, 0.25) is 0 Å². The van der Waals surface area contributed by atoms with Crippen LogP contribution < -0.4 is 0 Å². The molecule has 2 nitrogen and oxygen atoms in total. The Labute approximate surface area is 53.3 Å². The maximum absolute atomic E-state index is 8.32. The molecular weight excluding hydrogens is 112 g/mol. The van der Waals surface area contributed by atoms with Crippen LogP contribution in [0.15, 0.2) is 23.3 Å². The molecule has 0 unspecified atom stereocenters. The lowest BCUT2D eigenvalue weighted by Crippen LogP contribution is -1.73. The predicted octanol–water partition coefficient (Wildman–Crippen LogP) is 1.29. The summed E-state index contributed by atoms with van der Waals surface area (Å²) in [4.78, 5) is 0. The average molecular weight is 116 g/mol. The summed E-state index contributed by atoms with van der Waals surface area (Å²) >= 11 is 0. The zero-order valence-corrected chi connectivity index (χ0v) is 4.76. The Morgan fingerprint density at radius 1 is 1.11 bits per heavy atom. The molecule has 1 aliphatic rings. The summed E-state index contributed by atoms with van der Waals surface area (Å²) in [6, 6.07) is 3.97. The van der Waals surface area contributed by atoms with E-state index in [1.54, 1.807) is 12.2 Å². The molecule has 0 bridgehead atoms. The van der Waals surface area contributed by atoms with Crippen LogP contribution in [-0.2, 0) is 0 Å². The Hall–Kier alpha value is -1.54. The predicted molar refractivity (Wildman–Crippen MR) is 32.0 cm³/mol. The summed E-state index contributed by atoms with van der Waals surface area (Å²) in [5.41, 5.74) is 1.35. The zero-order chi connectivity index (χ0) is 6.69. The van der Waals surface area contributed by atoms with Gasteiger partial charge < -0.3 is 0 Å². The van der Waals surface area contributed by atoms with E-state index in [0.29, 0.717) is 17.6 Å². The maximum atomic E-state index is 8.32. The van der Waals surface area contributed by atoms with Crippen LogP contribution in [0, 0.1) is 22.7 Å². The minimum absolute atomic E-state index is 0.521. The van der Waals surface area contributed by atoms with Crippen molar-refractivity contribution in [3.05, 3.63) is 23.3 Å². The summed E-state index contributed by atoms with van der Waals surface area (Å²) in [5.74, 6) is 0. The Morgan fingerprint density at radius 2 is 1.56 bits per heavy atom. The van der Waals surface area contributed by atoms with Crippen LogP contribution in [0.4, 0.5) is 0 Å². The van der Waals surface area contributed by atoms with Crippen molar-refractivity contribution < 1.29 is 0 Å². The second-order valence-corrected chi connectivity index (χ2v) is 1.78. The quantitative estimate of drug-likeness (QED) is 0.478. The molecule has 0 aromatic carbocycles. The normalized spacial score (nSPS) is 15.3. The van der Waals surface area contributed by atoms with Gasteiger partial charge in [-0.3, -0.25) is 0 Å². The van der Waals surface area contributed by atoms with Gasteiger partial charge in [0.2, 0.25) is 0 Å². The van der Waals surface area contributed by atoms with Crippen molar-refractivity contribution in [1.82, 2.24) is 0 Å². The largest absolute Gasteiger partial charge is 0.193 e. The van der Waals surface area contributed by atoms with E-state index < -0.39 is 0 Å². The molecule has 0 saturated carbocycles. The molecule has 0 heterocycles. The van der Waals surface area contributed by atoms with Gasteiger partial charge in [-0.15, -0.1) is 0 Å². The first-order valence-electron chi connectivity index (χ1n) is 2.57. The Kier molecular flexibility index (Phi) is 1.34. The number of hydrogen-bond donors (Lipinski definition) is 0. The summed E-state index contributed by atoms with van der Waals surface area (Å²) in [6.45, 7) is 0.